The first-order valence-corrected chi connectivity index (χ1v) is 13.0. The molecule has 0 aliphatic carbocycles. The Balaban J connectivity index is 1.67. The van der Waals surface area contributed by atoms with Crippen LogP contribution in [0.25, 0.3) is 0 Å². The standard InChI is InChI=1S/C26H35N5O7/c1-3-5-6-7-8-9-20(32)38-18-12-10-17(11-13-18)21(23(34)28-19-16-27-22(19)33)29-26(37)31-15-14-30(4-2)24(35)25(31)36/h10-13,19,21H,3-9,14-16H2,1-2H3,(H,27,33)(H,28,34)(H,29,37). The third kappa shape index (κ3) is 7.30. The van der Waals surface area contributed by atoms with Gasteiger partial charge in [-0.15, -0.1) is 0 Å². The zero-order valence-corrected chi connectivity index (χ0v) is 21.8. The van der Waals surface area contributed by atoms with Crippen molar-refractivity contribution in [2.24, 2.45) is 0 Å². The normalized spacial score (nSPS) is 17.8. The Morgan fingerprint density at radius 3 is 2.32 bits per heavy atom. The highest BCUT2D eigenvalue weighted by molar-refractivity contribution is 6.38. The van der Waals surface area contributed by atoms with Gasteiger partial charge in [0.05, 0.1) is 0 Å². The molecule has 1 aromatic carbocycles. The highest BCUT2D eigenvalue weighted by atomic mass is 16.5. The molecule has 38 heavy (non-hydrogen) atoms. The second kappa shape index (κ2) is 13.5. The molecule has 2 heterocycles. The summed E-state index contributed by atoms with van der Waals surface area (Å²) in [5, 5.41) is 7.59. The summed E-state index contributed by atoms with van der Waals surface area (Å²) in [4.78, 5) is 76.5. The van der Waals surface area contributed by atoms with E-state index < -0.39 is 35.8 Å². The first-order valence-electron chi connectivity index (χ1n) is 13.0. The molecule has 6 amide bonds. The molecule has 2 atom stereocenters. The Kier molecular flexibility index (Phi) is 10.2. The lowest BCUT2D eigenvalue weighted by molar-refractivity contribution is -0.153. The van der Waals surface area contributed by atoms with Gasteiger partial charge in [-0.3, -0.25) is 28.9 Å². The fourth-order valence-corrected chi connectivity index (χ4v) is 4.11. The van der Waals surface area contributed by atoms with Gasteiger partial charge in [0.1, 0.15) is 17.8 Å². The average Bonchev–Trinajstić information content (AvgIpc) is 2.91. The Hall–Kier alpha value is -3.96. The predicted molar refractivity (Wildman–Crippen MR) is 136 cm³/mol. The molecule has 12 nitrogen and oxygen atoms in total. The van der Waals surface area contributed by atoms with Crippen molar-refractivity contribution in [3.8, 4) is 5.75 Å². The minimum absolute atomic E-state index is 0.0169. The second-order valence-corrected chi connectivity index (χ2v) is 9.24. The molecular formula is C26H35N5O7. The third-order valence-corrected chi connectivity index (χ3v) is 6.51. The zero-order chi connectivity index (χ0) is 27.7. The van der Waals surface area contributed by atoms with Crippen LogP contribution < -0.4 is 20.7 Å². The Morgan fingerprint density at radius 1 is 1.00 bits per heavy atom. The van der Waals surface area contributed by atoms with Crippen molar-refractivity contribution in [1.82, 2.24) is 25.8 Å². The smallest absolute Gasteiger partial charge is 0.325 e. The van der Waals surface area contributed by atoms with Gasteiger partial charge in [-0.05, 0) is 31.0 Å². The van der Waals surface area contributed by atoms with Gasteiger partial charge in [0.15, 0.2) is 0 Å². The summed E-state index contributed by atoms with van der Waals surface area (Å²) >= 11 is 0. The van der Waals surface area contributed by atoms with Crippen LogP contribution in [0.2, 0.25) is 0 Å². The molecule has 2 aliphatic rings. The largest absolute Gasteiger partial charge is 0.427 e. The number of esters is 1. The number of hydrogen-bond donors (Lipinski definition) is 3. The first-order chi connectivity index (χ1) is 18.2. The van der Waals surface area contributed by atoms with Crippen molar-refractivity contribution >= 4 is 35.6 Å². The van der Waals surface area contributed by atoms with Gasteiger partial charge >= 0.3 is 23.8 Å². The molecular weight excluding hydrogens is 494 g/mol. The SMILES string of the molecule is CCCCCCCC(=O)Oc1ccc(C(NC(=O)N2CCN(CC)C(=O)C2=O)C(=O)NC2CNC2=O)cc1. The molecule has 0 saturated carbocycles. The third-order valence-electron chi connectivity index (χ3n) is 6.51. The number of ether oxygens (including phenoxy) is 1. The number of nitrogens with zero attached hydrogens (tertiary/aromatic N) is 2. The van der Waals surface area contributed by atoms with E-state index in [0.717, 1.165) is 37.0 Å². The van der Waals surface area contributed by atoms with E-state index in [2.05, 4.69) is 22.9 Å². The summed E-state index contributed by atoms with van der Waals surface area (Å²) in [6.07, 6.45) is 5.32. The van der Waals surface area contributed by atoms with Crippen LogP contribution in [0, 0.1) is 0 Å². The Labute approximate surface area is 221 Å². The van der Waals surface area contributed by atoms with Crippen molar-refractivity contribution < 1.29 is 33.5 Å². The lowest BCUT2D eigenvalue weighted by Gasteiger charge is -2.33. The van der Waals surface area contributed by atoms with Gasteiger partial charge in [0, 0.05) is 32.6 Å². The average molecular weight is 530 g/mol. The molecule has 206 valence electrons. The molecule has 2 saturated heterocycles. The van der Waals surface area contributed by atoms with Crippen LogP contribution >= 0.6 is 0 Å². The van der Waals surface area contributed by atoms with Crippen LogP contribution in [-0.2, 0) is 24.0 Å². The summed E-state index contributed by atoms with van der Waals surface area (Å²) < 4.78 is 5.37. The number of amides is 6. The second-order valence-electron chi connectivity index (χ2n) is 9.24. The molecule has 0 aromatic heterocycles. The molecule has 3 N–H and O–H groups in total. The molecule has 0 radical (unpaired) electrons. The minimum Gasteiger partial charge on any atom is -0.427 e. The molecule has 12 heteroatoms. The van der Waals surface area contributed by atoms with Gasteiger partial charge in [-0.2, -0.15) is 0 Å². The molecule has 3 rings (SSSR count). The molecule has 2 unspecified atom stereocenters. The van der Waals surface area contributed by atoms with E-state index in [-0.39, 0.29) is 37.3 Å². The number of β-lactam (4-membered cyclic amide) rings is 1. The number of unbranched alkanes of at least 4 members (excludes halogenated alkanes) is 4. The van der Waals surface area contributed by atoms with Crippen LogP contribution in [0.15, 0.2) is 24.3 Å². The van der Waals surface area contributed by atoms with Crippen molar-refractivity contribution in [2.75, 3.05) is 26.2 Å². The van der Waals surface area contributed by atoms with Crippen LogP contribution in [-0.4, -0.2) is 77.6 Å². The first kappa shape index (κ1) is 28.6. The maximum absolute atomic E-state index is 13.0. The number of carbonyl (C=O) groups excluding carboxylic acids is 6. The maximum Gasteiger partial charge on any atom is 0.325 e. The quantitative estimate of drug-likeness (QED) is 0.120. The van der Waals surface area contributed by atoms with Crippen molar-refractivity contribution in [2.45, 2.75) is 64.5 Å². The van der Waals surface area contributed by atoms with Crippen LogP contribution in [0.3, 0.4) is 0 Å². The maximum atomic E-state index is 13.0. The van der Waals surface area contributed by atoms with E-state index in [1.165, 1.54) is 29.2 Å². The topological polar surface area (TPSA) is 154 Å². The molecule has 2 aliphatic heterocycles. The molecule has 1 aromatic rings. The monoisotopic (exact) mass is 529 g/mol. The fourth-order valence-electron chi connectivity index (χ4n) is 4.11. The zero-order valence-electron chi connectivity index (χ0n) is 21.8. The number of benzene rings is 1. The fraction of sp³-hybridized carbons (Fsp3) is 0.538. The number of likely N-dealkylation sites (N-methyl/N-ethyl adjacent to an activating group) is 1. The van der Waals surface area contributed by atoms with Crippen LogP contribution in [0.4, 0.5) is 4.79 Å². The van der Waals surface area contributed by atoms with E-state index in [1.807, 2.05) is 0 Å². The predicted octanol–water partition coefficient (Wildman–Crippen LogP) is 1.01. The molecule has 0 spiro atoms. The van der Waals surface area contributed by atoms with E-state index in [9.17, 15) is 28.8 Å². The van der Waals surface area contributed by atoms with Gasteiger partial charge in [0.2, 0.25) is 11.8 Å². The van der Waals surface area contributed by atoms with Crippen molar-refractivity contribution in [3.63, 3.8) is 0 Å². The summed E-state index contributed by atoms with van der Waals surface area (Å²) in [7, 11) is 0. The number of imide groups is 1. The lowest BCUT2D eigenvalue weighted by Crippen LogP contribution is -2.63. The van der Waals surface area contributed by atoms with Crippen molar-refractivity contribution in [1.29, 1.82) is 0 Å². The summed E-state index contributed by atoms with van der Waals surface area (Å²) in [6, 6.07) is 3.11. The highest BCUT2D eigenvalue weighted by Crippen LogP contribution is 2.20. The Bertz CT molecular complexity index is 1060. The summed E-state index contributed by atoms with van der Waals surface area (Å²) in [5.41, 5.74) is 0.334. The number of carbonyl (C=O) groups is 6. The van der Waals surface area contributed by atoms with Gasteiger partial charge < -0.3 is 25.6 Å². The lowest BCUT2D eigenvalue weighted by atomic mass is 10.0. The van der Waals surface area contributed by atoms with Gasteiger partial charge in [-0.1, -0.05) is 44.7 Å². The number of piperazine rings is 1. The molecule has 2 fully saturated rings. The van der Waals surface area contributed by atoms with Gasteiger partial charge in [-0.25, -0.2) is 4.79 Å². The van der Waals surface area contributed by atoms with Crippen LogP contribution in [0.1, 0.15) is 64.0 Å². The van der Waals surface area contributed by atoms with E-state index in [1.54, 1.807) is 6.92 Å². The van der Waals surface area contributed by atoms with Gasteiger partial charge in [0.25, 0.3) is 0 Å². The number of rotatable bonds is 12. The number of hydrogen-bond acceptors (Lipinski definition) is 7. The van der Waals surface area contributed by atoms with Crippen molar-refractivity contribution in [3.05, 3.63) is 29.8 Å². The summed E-state index contributed by atoms with van der Waals surface area (Å²) in [6.45, 7) is 4.61. The van der Waals surface area contributed by atoms with E-state index in [4.69, 9.17) is 4.74 Å². The minimum atomic E-state index is -1.27. The highest BCUT2D eigenvalue weighted by Gasteiger charge is 2.38. The van der Waals surface area contributed by atoms with E-state index in [0.29, 0.717) is 18.5 Å². The number of urea groups is 1. The van der Waals surface area contributed by atoms with E-state index >= 15 is 0 Å². The van der Waals surface area contributed by atoms with Crippen LogP contribution in [0.5, 0.6) is 5.75 Å². The molecule has 0 bridgehead atoms. The summed E-state index contributed by atoms with van der Waals surface area (Å²) in [5.74, 6) is -2.87. The Morgan fingerprint density at radius 2 is 1.71 bits per heavy atom. The number of nitrogens with one attached hydrogen (secondary N) is 3.